The van der Waals surface area contributed by atoms with Crippen LogP contribution in [0.4, 0.5) is 0 Å². The maximum absolute atomic E-state index is 13.8. The first kappa shape index (κ1) is 25.0. The summed E-state index contributed by atoms with van der Waals surface area (Å²) < 4.78 is 3.32. The largest absolute Gasteiger partial charge is 0.345 e. The summed E-state index contributed by atoms with van der Waals surface area (Å²) in [5.74, 6) is 0.399. The Morgan fingerprint density at radius 2 is 1.76 bits per heavy atom. The highest BCUT2D eigenvalue weighted by atomic mass is 79.9. The molecule has 1 unspecified atom stereocenters. The first-order valence-corrected chi connectivity index (χ1v) is 13.7. The van der Waals surface area contributed by atoms with E-state index in [0.29, 0.717) is 6.54 Å². The van der Waals surface area contributed by atoms with Crippen molar-refractivity contribution in [2.75, 3.05) is 6.54 Å². The van der Waals surface area contributed by atoms with Gasteiger partial charge in [-0.3, -0.25) is 9.59 Å². The van der Waals surface area contributed by atoms with Crippen molar-refractivity contribution in [3.8, 4) is 0 Å². The summed E-state index contributed by atoms with van der Waals surface area (Å²) in [5.41, 5.74) is 2.37. The summed E-state index contributed by atoms with van der Waals surface area (Å²) in [7, 11) is 0. The second-order valence-corrected chi connectivity index (χ2v) is 11.0. The van der Waals surface area contributed by atoms with Crippen LogP contribution in [-0.2, 0) is 22.7 Å². The molecule has 0 aliphatic heterocycles. The molecule has 2 amide bonds. The highest BCUT2D eigenvalue weighted by molar-refractivity contribution is 9.10. The van der Waals surface area contributed by atoms with Gasteiger partial charge in [0.15, 0.2) is 0 Å². The zero-order chi connectivity index (χ0) is 24.1. The average molecular weight is 529 g/mol. The molecular weight excluding hydrogens is 490 g/mol. The molecule has 184 valence electrons. The fourth-order valence-electron chi connectivity index (χ4n) is 4.99. The lowest BCUT2D eigenvalue weighted by atomic mass is 9.94. The van der Waals surface area contributed by atoms with Crippen LogP contribution in [0.15, 0.2) is 47.1 Å². The topological polar surface area (TPSA) is 45.6 Å². The Hall–Kier alpha value is -2.08. The van der Waals surface area contributed by atoms with Gasteiger partial charge in [0.1, 0.15) is 6.54 Å². The van der Waals surface area contributed by atoms with Gasteiger partial charge in [-0.25, -0.2) is 0 Å². The SMILES string of the molecule is CCC(C)N(CC(=O)N(Cc1cccn1Cc1ccc(Br)cc1)C1CCCCC1)C(=O)C1CC1. The number of carbonyl (C=O) groups excluding carboxylic acids is 2. The third-order valence-electron chi connectivity index (χ3n) is 7.50. The number of benzene rings is 1. The summed E-state index contributed by atoms with van der Waals surface area (Å²) in [5, 5.41) is 0. The van der Waals surface area contributed by atoms with Crippen molar-refractivity contribution < 1.29 is 9.59 Å². The van der Waals surface area contributed by atoms with E-state index in [1.165, 1.54) is 24.8 Å². The molecular formula is C28H38BrN3O2. The second-order valence-electron chi connectivity index (χ2n) is 10.1. The summed E-state index contributed by atoms with van der Waals surface area (Å²) >= 11 is 3.51. The van der Waals surface area contributed by atoms with Crippen LogP contribution < -0.4 is 0 Å². The van der Waals surface area contributed by atoms with E-state index in [9.17, 15) is 9.59 Å². The molecule has 1 aromatic carbocycles. The Balaban J connectivity index is 1.52. The van der Waals surface area contributed by atoms with Crippen LogP contribution in [0.3, 0.4) is 0 Å². The predicted molar refractivity (Wildman–Crippen MR) is 139 cm³/mol. The average Bonchev–Trinajstić information content (AvgIpc) is 3.62. The number of carbonyl (C=O) groups is 2. The summed E-state index contributed by atoms with van der Waals surface area (Å²) in [6.45, 7) is 5.74. The summed E-state index contributed by atoms with van der Waals surface area (Å²) in [6.07, 6.45) is 10.6. The molecule has 0 bridgehead atoms. The van der Waals surface area contributed by atoms with Gasteiger partial charge in [0, 0.05) is 40.9 Å². The van der Waals surface area contributed by atoms with Crippen LogP contribution in [0.2, 0.25) is 0 Å². The highest BCUT2D eigenvalue weighted by Crippen LogP contribution is 2.32. The van der Waals surface area contributed by atoms with Crippen molar-refractivity contribution in [2.45, 2.75) is 90.4 Å². The van der Waals surface area contributed by atoms with Crippen molar-refractivity contribution in [3.05, 3.63) is 58.3 Å². The molecule has 0 N–H and O–H groups in total. The molecule has 2 aliphatic rings. The number of hydrogen-bond acceptors (Lipinski definition) is 2. The molecule has 0 radical (unpaired) electrons. The van der Waals surface area contributed by atoms with Crippen molar-refractivity contribution in [3.63, 3.8) is 0 Å². The number of halogens is 1. The number of hydrogen-bond donors (Lipinski definition) is 0. The monoisotopic (exact) mass is 527 g/mol. The van der Waals surface area contributed by atoms with Gasteiger partial charge in [-0.1, -0.05) is 54.2 Å². The van der Waals surface area contributed by atoms with Crippen molar-refractivity contribution in [1.82, 2.24) is 14.4 Å². The van der Waals surface area contributed by atoms with Gasteiger partial charge in [-0.2, -0.15) is 0 Å². The van der Waals surface area contributed by atoms with Crippen LogP contribution in [0.5, 0.6) is 0 Å². The smallest absolute Gasteiger partial charge is 0.242 e. The van der Waals surface area contributed by atoms with E-state index in [1.807, 2.05) is 4.90 Å². The Morgan fingerprint density at radius 3 is 2.41 bits per heavy atom. The lowest BCUT2D eigenvalue weighted by Gasteiger charge is -2.37. The molecule has 2 saturated carbocycles. The Labute approximate surface area is 212 Å². The molecule has 2 aliphatic carbocycles. The van der Waals surface area contributed by atoms with E-state index in [0.717, 1.165) is 48.8 Å². The normalized spacial score (nSPS) is 17.4. The number of amides is 2. The third-order valence-corrected chi connectivity index (χ3v) is 8.02. The molecule has 1 heterocycles. The maximum Gasteiger partial charge on any atom is 0.242 e. The van der Waals surface area contributed by atoms with E-state index in [4.69, 9.17) is 0 Å². The highest BCUT2D eigenvalue weighted by Gasteiger charge is 2.37. The molecule has 4 rings (SSSR count). The fourth-order valence-corrected chi connectivity index (χ4v) is 5.26. The van der Waals surface area contributed by atoms with E-state index < -0.39 is 0 Å². The zero-order valence-corrected chi connectivity index (χ0v) is 22.2. The molecule has 34 heavy (non-hydrogen) atoms. The Kier molecular flexibility index (Phi) is 8.51. The second kappa shape index (κ2) is 11.6. The Bertz CT molecular complexity index is 960. The minimum Gasteiger partial charge on any atom is -0.345 e. The minimum absolute atomic E-state index is 0.0894. The lowest BCUT2D eigenvalue weighted by molar-refractivity contribution is -0.145. The predicted octanol–water partition coefficient (Wildman–Crippen LogP) is 6.00. The minimum atomic E-state index is 0.0894. The van der Waals surface area contributed by atoms with E-state index >= 15 is 0 Å². The van der Waals surface area contributed by atoms with Gasteiger partial charge in [0.2, 0.25) is 11.8 Å². The van der Waals surface area contributed by atoms with Crippen LogP contribution in [0.1, 0.15) is 76.5 Å². The number of aromatic nitrogens is 1. The molecule has 2 fully saturated rings. The molecule has 0 saturated heterocycles. The Morgan fingerprint density at radius 1 is 1.06 bits per heavy atom. The van der Waals surface area contributed by atoms with Gasteiger partial charge in [0.05, 0.1) is 6.54 Å². The van der Waals surface area contributed by atoms with Gasteiger partial charge < -0.3 is 14.4 Å². The molecule has 1 atom stereocenters. The zero-order valence-electron chi connectivity index (χ0n) is 20.6. The van der Waals surface area contributed by atoms with Crippen molar-refractivity contribution in [2.24, 2.45) is 5.92 Å². The van der Waals surface area contributed by atoms with E-state index in [-0.39, 0.29) is 36.4 Å². The maximum atomic E-state index is 13.8. The van der Waals surface area contributed by atoms with Crippen molar-refractivity contribution >= 4 is 27.7 Å². The quantitative estimate of drug-likeness (QED) is 0.380. The van der Waals surface area contributed by atoms with Gasteiger partial charge >= 0.3 is 0 Å². The van der Waals surface area contributed by atoms with Crippen LogP contribution in [-0.4, -0.2) is 44.8 Å². The first-order valence-electron chi connectivity index (χ1n) is 12.9. The van der Waals surface area contributed by atoms with Crippen LogP contribution >= 0.6 is 15.9 Å². The molecule has 0 spiro atoms. The van der Waals surface area contributed by atoms with E-state index in [1.54, 1.807) is 0 Å². The van der Waals surface area contributed by atoms with E-state index in [2.05, 4.69) is 81.8 Å². The fraction of sp³-hybridized carbons (Fsp3) is 0.571. The van der Waals surface area contributed by atoms with Crippen molar-refractivity contribution in [1.29, 1.82) is 0 Å². The molecule has 2 aromatic rings. The number of nitrogens with zero attached hydrogens (tertiary/aromatic N) is 3. The van der Waals surface area contributed by atoms with Crippen LogP contribution in [0.25, 0.3) is 0 Å². The summed E-state index contributed by atoms with van der Waals surface area (Å²) in [4.78, 5) is 30.7. The number of rotatable bonds is 10. The van der Waals surface area contributed by atoms with Gasteiger partial charge in [-0.05, 0) is 68.9 Å². The summed E-state index contributed by atoms with van der Waals surface area (Å²) in [6, 6.07) is 12.9. The molecule has 6 heteroatoms. The van der Waals surface area contributed by atoms with Gasteiger partial charge in [-0.15, -0.1) is 0 Å². The molecule has 1 aromatic heterocycles. The van der Waals surface area contributed by atoms with Gasteiger partial charge in [0.25, 0.3) is 0 Å². The molecule has 5 nitrogen and oxygen atoms in total. The third kappa shape index (κ3) is 6.32. The van der Waals surface area contributed by atoms with Crippen LogP contribution in [0, 0.1) is 5.92 Å². The first-order chi connectivity index (χ1) is 16.5. The lowest BCUT2D eigenvalue weighted by Crippen LogP contribution is -2.50. The standard InChI is InChI=1S/C28H38BrN3O2/c1-3-21(2)31(28(34)23-13-14-23)20-27(33)32(25-8-5-4-6-9-25)19-26-10-7-17-30(26)18-22-11-15-24(29)16-12-22/h7,10-12,15-17,21,23,25H,3-6,8-9,13-14,18-20H2,1-2H3.